The van der Waals surface area contributed by atoms with Crippen LogP contribution in [0.15, 0.2) is 24.3 Å². The monoisotopic (exact) mass is 300 g/mol. The number of carboxylic acid groups (broad SMARTS) is 1. The van der Waals surface area contributed by atoms with Gasteiger partial charge in [0.05, 0.1) is 0 Å². The van der Waals surface area contributed by atoms with E-state index in [1.807, 2.05) is 0 Å². The molecular weight excluding hydrogens is 284 g/mol. The number of phenolic OH excluding ortho intramolecular Hbond substituents is 1. The summed E-state index contributed by atoms with van der Waals surface area (Å²) in [5.41, 5.74) is 0.828. The quantitative estimate of drug-likeness (QED) is 0.562. The minimum atomic E-state index is -0.942. The van der Waals surface area contributed by atoms with Crippen molar-refractivity contribution < 1.29 is 15.0 Å². The lowest BCUT2D eigenvalue weighted by Gasteiger charge is -2.17. The Hall–Kier alpha value is -1.31. The fraction of sp³-hybridized carbons (Fsp3) is 0.333. The number of carboxylic acids is 1. The zero-order valence-electron chi connectivity index (χ0n) is 10.7. The van der Waals surface area contributed by atoms with Crippen LogP contribution in [0.5, 0.6) is 5.75 Å². The van der Waals surface area contributed by atoms with Gasteiger partial charge in [0, 0.05) is 14.1 Å². The maximum atomic E-state index is 11.2. The van der Waals surface area contributed by atoms with Crippen molar-refractivity contribution in [2.45, 2.75) is 12.5 Å². The number of nitrogens with zero attached hydrogens (tertiary/aromatic N) is 1. The molecule has 7 heteroatoms. The predicted octanol–water partition coefficient (Wildman–Crippen LogP) is 1.47. The Balaban J connectivity index is 2.60. The smallest absolute Gasteiger partial charge is 0.321 e. The van der Waals surface area contributed by atoms with Gasteiger partial charge in [-0.1, -0.05) is 24.4 Å². The summed E-state index contributed by atoms with van der Waals surface area (Å²) in [5.74, 6) is -0.783. The maximum absolute atomic E-state index is 11.2. The number of phenols is 1. The van der Waals surface area contributed by atoms with E-state index in [1.54, 1.807) is 31.1 Å². The summed E-state index contributed by atoms with van der Waals surface area (Å²) in [4.78, 5) is 12.9. The lowest BCUT2D eigenvalue weighted by molar-refractivity contribution is -0.138. The van der Waals surface area contributed by atoms with Gasteiger partial charge >= 0.3 is 5.97 Å². The fourth-order valence-corrected chi connectivity index (χ4v) is 2.01. The van der Waals surface area contributed by atoms with Crippen molar-refractivity contribution in [3.05, 3.63) is 29.8 Å². The van der Waals surface area contributed by atoms with Gasteiger partial charge in [-0.25, -0.2) is 4.72 Å². The molecule has 1 aromatic carbocycles. The minimum Gasteiger partial charge on any atom is -0.508 e. The van der Waals surface area contributed by atoms with Crippen molar-refractivity contribution in [3.63, 3.8) is 0 Å². The number of aromatic hydroxyl groups is 1. The number of carbonyl (C=O) groups is 1. The molecule has 0 aliphatic rings. The molecule has 0 radical (unpaired) electrons. The molecule has 0 amide bonds. The summed E-state index contributed by atoms with van der Waals surface area (Å²) in [5, 5.41) is 18.3. The molecule has 0 saturated heterocycles. The summed E-state index contributed by atoms with van der Waals surface area (Å²) in [6.07, 6.45) is 0.318. The first-order valence-electron chi connectivity index (χ1n) is 5.54. The molecule has 0 fully saturated rings. The van der Waals surface area contributed by atoms with Crippen molar-refractivity contribution in [2.24, 2.45) is 0 Å². The van der Waals surface area contributed by atoms with E-state index in [0.717, 1.165) is 17.5 Å². The Labute approximate surface area is 121 Å². The number of nitrogens with one attached hydrogen (secondary N) is 1. The van der Waals surface area contributed by atoms with Crippen LogP contribution >= 0.6 is 24.2 Å². The van der Waals surface area contributed by atoms with E-state index in [2.05, 4.69) is 4.72 Å². The van der Waals surface area contributed by atoms with Crippen LogP contribution in [-0.4, -0.2) is 45.5 Å². The van der Waals surface area contributed by atoms with Crippen molar-refractivity contribution >= 4 is 34.5 Å². The molecular formula is C12H16N2O3S2. The van der Waals surface area contributed by atoms with Gasteiger partial charge in [-0.2, -0.15) is 0 Å². The number of hydrogen-bond acceptors (Lipinski definition) is 5. The average Bonchev–Trinajstić information content (AvgIpc) is 2.35. The average molecular weight is 300 g/mol. The third-order valence-corrected chi connectivity index (χ3v) is 3.89. The van der Waals surface area contributed by atoms with Crippen LogP contribution in [0.3, 0.4) is 0 Å². The first-order valence-corrected chi connectivity index (χ1v) is 6.77. The van der Waals surface area contributed by atoms with Crippen LogP contribution in [0.1, 0.15) is 5.56 Å². The Morgan fingerprint density at radius 2 is 2.00 bits per heavy atom. The van der Waals surface area contributed by atoms with Crippen LogP contribution in [0.2, 0.25) is 0 Å². The third kappa shape index (κ3) is 5.46. The molecule has 0 saturated carbocycles. The van der Waals surface area contributed by atoms with E-state index in [9.17, 15) is 9.90 Å². The molecule has 1 unspecified atom stereocenters. The standard InChI is InChI=1S/C12H16N2O3S2/c1-14(2)12(18)19-13-10(11(16)17)7-8-3-5-9(15)6-4-8/h3-6,10,13,15H,7H2,1-2H3,(H,16,17). The van der Waals surface area contributed by atoms with Gasteiger partial charge in [-0.05, 0) is 36.1 Å². The van der Waals surface area contributed by atoms with Crippen LogP contribution in [0.4, 0.5) is 0 Å². The van der Waals surface area contributed by atoms with Crippen LogP contribution in [0, 0.1) is 0 Å². The molecule has 0 spiro atoms. The molecule has 0 aromatic heterocycles. The lowest BCUT2D eigenvalue weighted by Crippen LogP contribution is -2.36. The number of thiocarbonyl (C=S) groups is 1. The Kier molecular flexibility index (Phi) is 6.07. The normalized spacial score (nSPS) is 11.9. The number of hydrogen-bond donors (Lipinski definition) is 3. The summed E-state index contributed by atoms with van der Waals surface area (Å²) < 4.78 is 3.40. The minimum absolute atomic E-state index is 0.159. The lowest BCUT2D eigenvalue weighted by atomic mass is 10.1. The largest absolute Gasteiger partial charge is 0.508 e. The zero-order chi connectivity index (χ0) is 14.4. The van der Waals surface area contributed by atoms with Gasteiger partial charge < -0.3 is 15.1 Å². The first-order chi connectivity index (χ1) is 8.90. The first kappa shape index (κ1) is 15.7. The topological polar surface area (TPSA) is 72.8 Å². The van der Waals surface area contributed by atoms with Crippen molar-refractivity contribution in [1.82, 2.24) is 9.62 Å². The van der Waals surface area contributed by atoms with Gasteiger partial charge in [-0.3, -0.25) is 4.79 Å². The molecule has 3 N–H and O–H groups in total. The van der Waals surface area contributed by atoms with Gasteiger partial charge in [-0.15, -0.1) is 0 Å². The molecule has 0 bridgehead atoms. The van der Waals surface area contributed by atoms with Gasteiger partial charge in [0.15, 0.2) is 4.32 Å². The van der Waals surface area contributed by atoms with Gasteiger partial charge in [0.25, 0.3) is 0 Å². The fourth-order valence-electron chi connectivity index (χ4n) is 1.26. The van der Waals surface area contributed by atoms with E-state index < -0.39 is 12.0 Å². The SMILES string of the molecule is CN(C)C(=S)SNC(Cc1ccc(O)cc1)C(=O)O. The molecule has 1 rings (SSSR count). The highest BCUT2D eigenvalue weighted by atomic mass is 32.2. The molecule has 0 aliphatic heterocycles. The number of rotatable bonds is 5. The Bertz CT molecular complexity index is 449. The summed E-state index contributed by atoms with van der Waals surface area (Å²) in [6, 6.07) is 5.72. The van der Waals surface area contributed by atoms with Crippen molar-refractivity contribution in [1.29, 1.82) is 0 Å². The van der Waals surface area contributed by atoms with Crippen molar-refractivity contribution in [2.75, 3.05) is 14.1 Å². The van der Waals surface area contributed by atoms with E-state index in [0.29, 0.717) is 10.7 Å². The molecule has 5 nitrogen and oxygen atoms in total. The Morgan fingerprint density at radius 3 is 2.47 bits per heavy atom. The predicted molar refractivity (Wildman–Crippen MR) is 80.2 cm³/mol. The number of aliphatic carboxylic acids is 1. The van der Waals surface area contributed by atoms with Crippen LogP contribution in [0.25, 0.3) is 0 Å². The molecule has 0 aliphatic carbocycles. The van der Waals surface area contributed by atoms with Crippen LogP contribution < -0.4 is 4.72 Å². The van der Waals surface area contributed by atoms with E-state index in [-0.39, 0.29) is 5.75 Å². The van der Waals surface area contributed by atoms with Gasteiger partial charge in [0.1, 0.15) is 11.8 Å². The Morgan fingerprint density at radius 1 is 1.42 bits per heavy atom. The molecule has 1 aromatic rings. The molecule has 19 heavy (non-hydrogen) atoms. The second-order valence-corrected chi connectivity index (χ2v) is 5.61. The second kappa shape index (κ2) is 7.32. The molecule has 0 heterocycles. The second-order valence-electron chi connectivity index (χ2n) is 4.14. The van der Waals surface area contributed by atoms with E-state index >= 15 is 0 Å². The molecule has 1 atom stereocenters. The zero-order valence-corrected chi connectivity index (χ0v) is 12.3. The maximum Gasteiger partial charge on any atom is 0.321 e. The summed E-state index contributed by atoms with van der Waals surface area (Å²) in [6.45, 7) is 0. The van der Waals surface area contributed by atoms with E-state index in [1.165, 1.54) is 12.1 Å². The summed E-state index contributed by atoms with van der Waals surface area (Å²) in [7, 11) is 3.60. The highest BCUT2D eigenvalue weighted by Gasteiger charge is 2.18. The highest BCUT2D eigenvalue weighted by Crippen LogP contribution is 2.13. The van der Waals surface area contributed by atoms with Gasteiger partial charge in [0.2, 0.25) is 0 Å². The van der Waals surface area contributed by atoms with E-state index in [4.69, 9.17) is 17.3 Å². The highest BCUT2D eigenvalue weighted by molar-refractivity contribution is 8.21. The summed E-state index contributed by atoms with van der Waals surface area (Å²) >= 11 is 6.19. The van der Waals surface area contributed by atoms with Crippen molar-refractivity contribution in [3.8, 4) is 5.75 Å². The number of benzene rings is 1. The molecule has 104 valence electrons. The third-order valence-electron chi connectivity index (χ3n) is 2.33. The van der Waals surface area contributed by atoms with Crippen LogP contribution in [-0.2, 0) is 11.2 Å².